The SMILES string of the molecule is NCC(=O)n1ccc(NCC(=O)c2ccccc2)c1. The minimum Gasteiger partial charge on any atom is -0.376 e. The van der Waals surface area contributed by atoms with E-state index < -0.39 is 0 Å². The first-order chi connectivity index (χ1) is 9.20. The number of carbonyl (C=O) groups is 2. The van der Waals surface area contributed by atoms with Crippen molar-refractivity contribution >= 4 is 17.4 Å². The van der Waals surface area contributed by atoms with Gasteiger partial charge >= 0.3 is 0 Å². The Morgan fingerprint density at radius 2 is 1.89 bits per heavy atom. The molecule has 0 amide bonds. The van der Waals surface area contributed by atoms with Gasteiger partial charge in [0.25, 0.3) is 0 Å². The van der Waals surface area contributed by atoms with Crippen molar-refractivity contribution in [2.75, 3.05) is 18.4 Å². The molecule has 1 aromatic heterocycles. The van der Waals surface area contributed by atoms with E-state index in [0.29, 0.717) is 11.3 Å². The molecule has 0 aliphatic rings. The van der Waals surface area contributed by atoms with Crippen LogP contribution in [0.15, 0.2) is 48.8 Å². The van der Waals surface area contributed by atoms with Crippen molar-refractivity contribution in [3.8, 4) is 0 Å². The number of nitrogens with zero attached hydrogens (tertiary/aromatic N) is 1. The first kappa shape index (κ1) is 13.0. The normalized spacial score (nSPS) is 10.2. The molecule has 0 fully saturated rings. The van der Waals surface area contributed by atoms with Gasteiger partial charge in [-0.1, -0.05) is 30.3 Å². The van der Waals surface area contributed by atoms with Crippen LogP contribution in [0.25, 0.3) is 0 Å². The van der Waals surface area contributed by atoms with Gasteiger partial charge in [-0.05, 0) is 6.07 Å². The standard InChI is InChI=1S/C14H15N3O2/c15-8-14(19)17-7-6-12(10-17)16-9-13(18)11-4-2-1-3-5-11/h1-7,10,16H,8-9,15H2. The van der Waals surface area contributed by atoms with E-state index in [9.17, 15) is 9.59 Å². The molecule has 0 aliphatic carbocycles. The monoisotopic (exact) mass is 257 g/mol. The number of benzene rings is 1. The molecule has 5 nitrogen and oxygen atoms in total. The van der Waals surface area contributed by atoms with Gasteiger partial charge in [-0.15, -0.1) is 0 Å². The number of hydrogen-bond donors (Lipinski definition) is 2. The number of ketones is 1. The highest BCUT2D eigenvalue weighted by Crippen LogP contribution is 2.08. The second-order valence-corrected chi connectivity index (χ2v) is 4.05. The maximum atomic E-state index is 11.9. The third-order valence-corrected chi connectivity index (χ3v) is 2.70. The summed E-state index contributed by atoms with van der Waals surface area (Å²) in [5, 5.41) is 2.98. The molecule has 0 unspecified atom stereocenters. The third kappa shape index (κ3) is 3.29. The van der Waals surface area contributed by atoms with Crippen LogP contribution in [0.5, 0.6) is 0 Å². The highest BCUT2D eigenvalue weighted by Gasteiger charge is 2.06. The molecular weight excluding hydrogens is 242 g/mol. The van der Waals surface area contributed by atoms with E-state index in [1.54, 1.807) is 30.6 Å². The number of nitrogens with two attached hydrogens (primary N) is 1. The van der Waals surface area contributed by atoms with Gasteiger partial charge in [0.2, 0.25) is 5.91 Å². The highest BCUT2D eigenvalue weighted by atomic mass is 16.2. The Morgan fingerprint density at radius 1 is 1.16 bits per heavy atom. The summed E-state index contributed by atoms with van der Waals surface area (Å²) in [6, 6.07) is 10.8. The summed E-state index contributed by atoms with van der Waals surface area (Å²) in [6.45, 7) is 0.141. The minimum atomic E-state index is -0.192. The maximum absolute atomic E-state index is 11.9. The Hall–Kier alpha value is -2.40. The molecule has 3 N–H and O–H groups in total. The van der Waals surface area contributed by atoms with Crippen LogP contribution < -0.4 is 11.1 Å². The lowest BCUT2D eigenvalue weighted by Gasteiger charge is -2.03. The second kappa shape index (κ2) is 5.97. The Bertz CT molecular complexity index is 575. The topological polar surface area (TPSA) is 77.1 Å². The molecule has 19 heavy (non-hydrogen) atoms. The second-order valence-electron chi connectivity index (χ2n) is 4.05. The van der Waals surface area contributed by atoms with Crippen molar-refractivity contribution in [1.29, 1.82) is 0 Å². The molecule has 0 saturated carbocycles. The predicted octanol–water partition coefficient (Wildman–Crippen LogP) is 1.38. The molecule has 2 rings (SSSR count). The third-order valence-electron chi connectivity index (χ3n) is 2.70. The number of Topliss-reactive ketones (excluding diaryl/α,β-unsaturated/α-hetero) is 1. The summed E-state index contributed by atoms with van der Waals surface area (Å²) < 4.78 is 1.40. The quantitative estimate of drug-likeness (QED) is 0.793. The highest BCUT2D eigenvalue weighted by molar-refractivity contribution is 5.98. The van der Waals surface area contributed by atoms with Gasteiger partial charge in [-0.25, -0.2) is 0 Å². The zero-order valence-corrected chi connectivity index (χ0v) is 10.4. The summed E-state index contributed by atoms with van der Waals surface area (Å²) in [5.74, 6) is -0.194. The van der Waals surface area contributed by atoms with Crippen LogP contribution in [0.3, 0.4) is 0 Å². The van der Waals surface area contributed by atoms with Crippen LogP contribution in [-0.2, 0) is 0 Å². The van der Waals surface area contributed by atoms with E-state index in [0.717, 1.165) is 0 Å². The van der Waals surface area contributed by atoms with Crippen LogP contribution in [0.2, 0.25) is 0 Å². The first-order valence-corrected chi connectivity index (χ1v) is 5.94. The molecular formula is C14H15N3O2. The van der Waals surface area contributed by atoms with Crippen LogP contribution in [0.4, 0.5) is 5.69 Å². The van der Waals surface area contributed by atoms with Gasteiger partial charge < -0.3 is 11.1 Å². The van der Waals surface area contributed by atoms with Crippen LogP contribution in [-0.4, -0.2) is 29.3 Å². The largest absolute Gasteiger partial charge is 0.376 e. The molecule has 0 atom stereocenters. The molecule has 1 heterocycles. The summed E-state index contributed by atoms with van der Waals surface area (Å²) in [7, 11) is 0. The van der Waals surface area contributed by atoms with E-state index in [-0.39, 0.29) is 24.8 Å². The van der Waals surface area contributed by atoms with Crippen molar-refractivity contribution < 1.29 is 9.59 Å². The number of hydrogen-bond acceptors (Lipinski definition) is 4. The molecule has 2 aromatic rings. The van der Waals surface area contributed by atoms with E-state index in [1.807, 2.05) is 18.2 Å². The number of carbonyl (C=O) groups excluding carboxylic acids is 2. The lowest BCUT2D eigenvalue weighted by atomic mass is 10.1. The van der Waals surface area contributed by atoms with Gasteiger partial charge in [0.05, 0.1) is 18.8 Å². The molecule has 5 heteroatoms. The number of aromatic nitrogens is 1. The molecule has 98 valence electrons. The van der Waals surface area contributed by atoms with Gasteiger partial charge in [0, 0.05) is 18.0 Å². The van der Waals surface area contributed by atoms with E-state index in [2.05, 4.69) is 5.32 Å². The van der Waals surface area contributed by atoms with Crippen molar-refractivity contribution in [3.63, 3.8) is 0 Å². The van der Waals surface area contributed by atoms with E-state index >= 15 is 0 Å². The van der Waals surface area contributed by atoms with Gasteiger partial charge in [-0.2, -0.15) is 0 Å². The zero-order chi connectivity index (χ0) is 13.7. The Labute approximate surface area is 111 Å². The maximum Gasteiger partial charge on any atom is 0.244 e. The van der Waals surface area contributed by atoms with Crippen molar-refractivity contribution in [2.24, 2.45) is 5.73 Å². The average molecular weight is 257 g/mol. The first-order valence-electron chi connectivity index (χ1n) is 5.94. The fraction of sp³-hybridized carbons (Fsp3) is 0.143. The van der Waals surface area contributed by atoms with Crippen LogP contribution >= 0.6 is 0 Å². The Morgan fingerprint density at radius 3 is 2.58 bits per heavy atom. The van der Waals surface area contributed by atoms with E-state index in [4.69, 9.17) is 5.73 Å². The minimum absolute atomic E-state index is 0.00139. The van der Waals surface area contributed by atoms with Gasteiger partial charge in [-0.3, -0.25) is 14.2 Å². The number of anilines is 1. The summed E-state index contributed by atoms with van der Waals surface area (Å²) in [6.07, 6.45) is 3.23. The molecule has 0 radical (unpaired) electrons. The van der Waals surface area contributed by atoms with Crippen LogP contribution in [0.1, 0.15) is 15.2 Å². The Balaban J connectivity index is 1.94. The molecule has 1 aromatic carbocycles. The lowest BCUT2D eigenvalue weighted by Crippen LogP contribution is -2.19. The number of nitrogens with one attached hydrogen (secondary N) is 1. The van der Waals surface area contributed by atoms with Crippen LogP contribution in [0, 0.1) is 0 Å². The van der Waals surface area contributed by atoms with E-state index in [1.165, 1.54) is 4.57 Å². The smallest absolute Gasteiger partial charge is 0.244 e. The summed E-state index contributed by atoms with van der Waals surface area (Å²) >= 11 is 0. The molecule has 0 saturated heterocycles. The summed E-state index contributed by atoms with van der Waals surface area (Å²) in [4.78, 5) is 23.2. The molecule has 0 spiro atoms. The zero-order valence-electron chi connectivity index (χ0n) is 10.4. The fourth-order valence-corrected chi connectivity index (χ4v) is 1.67. The summed E-state index contributed by atoms with van der Waals surface area (Å²) in [5.41, 5.74) is 6.64. The van der Waals surface area contributed by atoms with Crippen molar-refractivity contribution in [3.05, 3.63) is 54.4 Å². The van der Waals surface area contributed by atoms with Gasteiger partial charge in [0.15, 0.2) is 5.78 Å². The van der Waals surface area contributed by atoms with Gasteiger partial charge in [0.1, 0.15) is 0 Å². The fourth-order valence-electron chi connectivity index (χ4n) is 1.67. The van der Waals surface area contributed by atoms with Crippen molar-refractivity contribution in [1.82, 2.24) is 4.57 Å². The van der Waals surface area contributed by atoms with Crippen molar-refractivity contribution in [2.45, 2.75) is 0 Å². The lowest BCUT2D eigenvalue weighted by molar-refractivity contribution is 0.0923. The average Bonchev–Trinajstić information content (AvgIpc) is 2.93. The number of rotatable bonds is 5. The Kier molecular flexibility index (Phi) is 4.10. The molecule has 0 aliphatic heterocycles. The predicted molar refractivity (Wildman–Crippen MR) is 73.4 cm³/mol. The molecule has 0 bridgehead atoms.